The van der Waals surface area contributed by atoms with Crippen molar-refractivity contribution in [1.29, 1.82) is 0 Å². The van der Waals surface area contributed by atoms with E-state index in [2.05, 4.69) is 5.32 Å². The van der Waals surface area contributed by atoms with Crippen LogP contribution in [0.2, 0.25) is 0 Å². The summed E-state index contributed by atoms with van der Waals surface area (Å²) in [6.07, 6.45) is 8.22. The first-order valence-electron chi connectivity index (χ1n) is 10.0. The van der Waals surface area contributed by atoms with E-state index in [9.17, 15) is 9.59 Å². The molecule has 0 bridgehead atoms. The summed E-state index contributed by atoms with van der Waals surface area (Å²) in [5, 5.41) is 2.99. The lowest BCUT2D eigenvalue weighted by molar-refractivity contribution is -0.133. The number of likely N-dealkylation sites (N-methyl/N-ethyl adjacent to an activating group) is 1. The van der Waals surface area contributed by atoms with Crippen molar-refractivity contribution in [1.82, 2.24) is 4.90 Å². The molecule has 0 aromatic heterocycles. The molecule has 2 saturated carbocycles. The second-order valence-electron chi connectivity index (χ2n) is 8.21. The molecule has 6 nitrogen and oxygen atoms in total. The van der Waals surface area contributed by atoms with Gasteiger partial charge in [0, 0.05) is 19.2 Å². The normalized spacial score (nSPS) is 26.2. The first kappa shape index (κ1) is 18.0. The van der Waals surface area contributed by atoms with Crippen molar-refractivity contribution in [3.8, 4) is 0 Å². The van der Waals surface area contributed by atoms with E-state index in [1.54, 1.807) is 7.05 Å². The largest absolute Gasteiger partial charge is 0.369 e. The number of nitrogens with one attached hydrogen (secondary N) is 1. The molecule has 1 unspecified atom stereocenters. The fourth-order valence-electron chi connectivity index (χ4n) is 4.50. The summed E-state index contributed by atoms with van der Waals surface area (Å²) in [6, 6.07) is 7.62. The van der Waals surface area contributed by atoms with Gasteiger partial charge in [-0.15, -0.1) is 0 Å². The number of hydrogen-bond donors (Lipinski definition) is 2. The third kappa shape index (κ3) is 3.33. The van der Waals surface area contributed by atoms with E-state index < -0.39 is 5.54 Å². The summed E-state index contributed by atoms with van der Waals surface area (Å²) in [7, 11) is 1.69. The van der Waals surface area contributed by atoms with Crippen LogP contribution < -0.4 is 11.1 Å². The molecule has 1 aromatic rings. The molecule has 2 aliphatic carbocycles. The van der Waals surface area contributed by atoms with Gasteiger partial charge in [-0.25, -0.2) is 4.99 Å². The van der Waals surface area contributed by atoms with E-state index >= 15 is 0 Å². The monoisotopic (exact) mass is 368 g/mol. The number of anilines is 1. The van der Waals surface area contributed by atoms with Crippen LogP contribution in [0.3, 0.4) is 0 Å². The van der Waals surface area contributed by atoms with E-state index in [4.69, 9.17) is 10.7 Å². The van der Waals surface area contributed by atoms with Gasteiger partial charge in [-0.3, -0.25) is 14.5 Å². The van der Waals surface area contributed by atoms with E-state index in [0.717, 1.165) is 49.8 Å². The molecule has 2 amide bonds. The summed E-state index contributed by atoms with van der Waals surface area (Å²) < 4.78 is 0. The molecule has 1 heterocycles. The van der Waals surface area contributed by atoms with Gasteiger partial charge in [0.25, 0.3) is 5.91 Å². The number of aliphatic imine (C=N–C) groups is 1. The molecule has 6 heteroatoms. The van der Waals surface area contributed by atoms with Crippen LogP contribution in [0.4, 0.5) is 5.69 Å². The zero-order valence-electron chi connectivity index (χ0n) is 15.9. The Kier molecular flexibility index (Phi) is 4.66. The van der Waals surface area contributed by atoms with Crippen molar-refractivity contribution in [3.63, 3.8) is 0 Å². The molecule has 0 spiro atoms. The Bertz CT molecular complexity index is 780. The summed E-state index contributed by atoms with van der Waals surface area (Å²) >= 11 is 0. The summed E-state index contributed by atoms with van der Waals surface area (Å²) in [5.74, 6) is 0.928. The topological polar surface area (TPSA) is 87.8 Å². The van der Waals surface area contributed by atoms with E-state index in [0.29, 0.717) is 12.3 Å². The third-order valence-corrected chi connectivity index (χ3v) is 6.22. The molecular formula is C21H28N4O2. The lowest BCUT2D eigenvalue weighted by Gasteiger charge is -2.36. The number of guanidine groups is 1. The molecule has 2 fully saturated rings. The number of nitrogens with zero attached hydrogens (tertiary/aromatic N) is 2. The van der Waals surface area contributed by atoms with Crippen LogP contribution in [0.5, 0.6) is 0 Å². The van der Waals surface area contributed by atoms with Crippen molar-refractivity contribution in [2.45, 2.75) is 56.9 Å². The van der Waals surface area contributed by atoms with E-state index in [-0.39, 0.29) is 23.7 Å². The van der Waals surface area contributed by atoms with E-state index in [1.165, 1.54) is 11.3 Å². The second-order valence-corrected chi connectivity index (χ2v) is 8.21. The quantitative estimate of drug-likeness (QED) is 0.837. The maximum Gasteiger partial charge on any atom is 0.261 e. The zero-order valence-corrected chi connectivity index (χ0v) is 15.9. The highest BCUT2D eigenvalue weighted by atomic mass is 16.2. The molecule has 144 valence electrons. The number of nitrogens with two attached hydrogens (primary N) is 1. The predicted octanol–water partition coefficient (Wildman–Crippen LogP) is 2.99. The number of carbonyl (C=O) groups excluding carboxylic acids is 2. The average molecular weight is 368 g/mol. The van der Waals surface area contributed by atoms with Crippen molar-refractivity contribution in [2.24, 2.45) is 22.6 Å². The van der Waals surface area contributed by atoms with Crippen LogP contribution in [0, 0.1) is 11.8 Å². The molecular weight excluding hydrogens is 340 g/mol. The van der Waals surface area contributed by atoms with Crippen molar-refractivity contribution in [3.05, 3.63) is 29.8 Å². The number of carbonyl (C=O) groups is 2. The molecule has 3 N–H and O–H groups in total. The van der Waals surface area contributed by atoms with Crippen LogP contribution in [-0.2, 0) is 15.1 Å². The molecule has 0 saturated heterocycles. The number of hydrogen-bond acceptors (Lipinski definition) is 4. The Morgan fingerprint density at radius 1 is 1.26 bits per heavy atom. The van der Waals surface area contributed by atoms with Crippen LogP contribution in [-0.4, -0.2) is 29.7 Å². The Balaban J connectivity index is 1.67. The minimum Gasteiger partial charge on any atom is -0.369 e. The smallest absolute Gasteiger partial charge is 0.261 e. The summed E-state index contributed by atoms with van der Waals surface area (Å²) in [6.45, 7) is 0. The number of amides is 2. The lowest BCUT2D eigenvalue weighted by atomic mass is 9.71. The molecule has 1 aromatic carbocycles. The minimum absolute atomic E-state index is 0.0410. The zero-order chi connectivity index (χ0) is 19.0. The number of benzene rings is 1. The maximum atomic E-state index is 13.3. The third-order valence-electron chi connectivity index (χ3n) is 6.22. The van der Waals surface area contributed by atoms with Gasteiger partial charge in [0.2, 0.25) is 5.91 Å². The van der Waals surface area contributed by atoms with Gasteiger partial charge in [0.15, 0.2) is 11.5 Å². The van der Waals surface area contributed by atoms with Crippen molar-refractivity contribution >= 4 is 23.5 Å². The molecule has 1 atom stereocenters. The van der Waals surface area contributed by atoms with Crippen LogP contribution in [0.25, 0.3) is 0 Å². The van der Waals surface area contributed by atoms with Gasteiger partial charge < -0.3 is 11.1 Å². The first-order valence-corrected chi connectivity index (χ1v) is 10.0. The van der Waals surface area contributed by atoms with Gasteiger partial charge in [0.05, 0.1) is 0 Å². The van der Waals surface area contributed by atoms with Gasteiger partial charge in [-0.1, -0.05) is 31.4 Å². The Labute approximate surface area is 160 Å². The first-order chi connectivity index (χ1) is 13.0. The Morgan fingerprint density at radius 2 is 2.00 bits per heavy atom. The Hall–Kier alpha value is -2.37. The van der Waals surface area contributed by atoms with Crippen LogP contribution >= 0.6 is 0 Å². The summed E-state index contributed by atoms with van der Waals surface area (Å²) in [4.78, 5) is 31.7. The Morgan fingerprint density at radius 3 is 2.63 bits per heavy atom. The molecule has 4 rings (SSSR count). The predicted molar refractivity (Wildman–Crippen MR) is 105 cm³/mol. The van der Waals surface area contributed by atoms with Crippen LogP contribution in [0.1, 0.15) is 56.9 Å². The van der Waals surface area contributed by atoms with Crippen LogP contribution in [0.15, 0.2) is 29.3 Å². The molecule has 0 radical (unpaired) electrons. The van der Waals surface area contributed by atoms with E-state index in [1.807, 2.05) is 24.3 Å². The average Bonchev–Trinajstić information content (AvgIpc) is 3.45. The SMILES string of the molecule is CN1C(=O)C(c2cccc(NC(=O)CC3CC3)c2)(C2CCCCC2)N=C1N. The maximum absolute atomic E-state index is 13.3. The highest BCUT2D eigenvalue weighted by Gasteiger charge is 2.53. The van der Waals surface area contributed by atoms with Crippen molar-refractivity contribution in [2.75, 3.05) is 12.4 Å². The van der Waals surface area contributed by atoms with Gasteiger partial charge >= 0.3 is 0 Å². The molecule has 3 aliphatic rings. The minimum atomic E-state index is -0.962. The molecule has 27 heavy (non-hydrogen) atoms. The summed E-state index contributed by atoms with van der Waals surface area (Å²) in [5.41, 5.74) is 6.65. The molecule has 1 aliphatic heterocycles. The highest BCUT2D eigenvalue weighted by Crippen LogP contribution is 2.46. The van der Waals surface area contributed by atoms with Crippen molar-refractivity contribution < 1.29 is 9.59 Å². The fraction of sp³-hybridized carbons (Fsp3) is 0.571. The highest BCUT2D eigenvalue weighted by molar-refractivity contribution is 6.07. The standard InChI is InChI=1S/C21H28N4O2/c1-25-19(27)21(24-20(25)22,15-6-3-2-4-7-15)16-8-5-9-17(13-16)23-18(26)12-14-10-11-14/h5,8-9,13-15H,2-4,6-7,10-12H2,1H3,(H2,22,24)(H,23,26). The van der Waals surface area contributed by atoms with Gasteiger partial charge in [-0.2, -0.15) is 0 Å². The van der Waals surface area contributed by atoms with Gasteiger partial charge in [-0.05, 0) is 55.2 Å². The fourth-order valence-corrected chi connectivity index (χ4v) is 4.50. The second kappa shape index (κ2) is 6.98. The van der Waals surface area contributed by atoms with Gasteiger partial charge in [0.1, 0.15) is 0 Å². The lowest BCUT2D eigenvalue weighted by Crippen LogP contribution is -2.45. The number of rotatable bonds is 5.